The maximum absolute atomic E-state index is 5.14. The number of aromatic nitrogens is 2. The average Bonchev–Trinajstić information content (AvgIpc) is 2.16. The summed E-state index contributed by atoms with van der Waals surface area (Å²) in [6, 6.07) is 0. The Hall–Kier alpha value is -1.16. The summed E-state index contributed by atoms with van der Waals surface area (Å²) in [7, 11) is 3.47. The molecule has 0 saturated heterocycles. The molecule has 1 rings (SSSR count). The molecule has 4 heteroatoms. The molecule has 0 saturated carbocycles. The van der Waals surface area contributed by atoms with Gasteiger partial charge in [0, 0.05) is 26.6 Å². The van der Waals surface area contributed by atoms with E-state index >= 15 is 0 Å². The highest BCUT2D eigenvalue weighted by Gasteiger charge is 2.10. The molecular formula is C8H13N3O. The molecule has 0 aromatic carbocycles. The highest BCUT2D eigenvalue weighted by atomic mass is 16.5. The van der Waals surface area contributed by atoms with Gasteiger partial charge in [0.25, 0.3) is 0 Å². The summed E-state index contributed by atoms with van der Waals surface area (Å²) in [4.78, 5) is 8.28. The van der Waals surface area contributed by atoms with Crippen LogP contribution in [0.2, 0.25) is 0 Å². The lowest BCUT2D eigenvalue weighted by molar-refractivity contribution is 0.116. The molecule has 1 aromatic heterocycles. The van der Waals surface area contributed by atoms with Gasteiger partial charge in [-0.2, -0.15) is 0 Å². The standard InChI is InChI=1S/C8H13N3O/c1-6(12-3)7-8(9-2)11-5-4-10-7/h4-6H,1-3H3,(H,9,11). The van der Waals surface area contributed by atoms with E-state index in [2.05, 4.69) is 15.3 Å². The number of hydrogen-bond donors (Lipinski definition) is 1. The predicted molar refractivity (Wildman–Crippen MR) is 47.0 cm³/mol. The van der Waals surface area contributed by atoms with Crippen LogP contribution >= 0.6 is 0 Å². The Bertz CT molecular complexity index is 252. The second-order valence-corrected chi connectivity index (χ2v) is 2.42. The minimum Gasteiger partial charge on any atom is -0.375 e. The van der Waals surface area contributed by atoms with Gasteiger partial charge in [-0.15, -0.1) is 0 Å². The average molecular weight is 167 g/mol. The van der Waals surface area contributed by atoms with Crippen molar-refractivity contribution >= 4 is 5.82 Å². The van der Waals surface area contributed by atoms with Crippen LogP contribution in [0.3, 0.4) is 0 Å². The first-order valence-corrected chi connectivity index (χ1v) is 3.81. The lowest BCUT2D eigenvalue weighted by atomic mass is 10.3. The van der Waals surface area contributed by atoms with E-state index in [1.165, 1.54) is 0 Å². The molecule has 1 heterocycles. The molecule has 1 aromatic rings. The van der Waals surface area contributed by atoms with Gasteiger partial charge in [0.05, 0.1) is 6.10 Å². The molecule has 0 spiro atoms. The van der Waals surface area contributed by atoms with Crippen LogP contribution < -0.4 is 5.32 Å². The minimum atomic E-state index is -0.0267. The number of ether oxygens (including phenoxy) is 1. The van der Waals surface area contributed by atoms with E-state index in [1.54, 1.807) is 19.5 Å². The van der Waals surface area contributed by atoms with E-state index in [0.717, 1.165) is 11.5 Å². The van der Waals surface area contributed by atoms with Crippen LogP contribution in [0.15, 0.2) is 12.4 Å². The molecule has 0 amide bonds. The van der Waals surface area contributed by atoms with Gasteiger partial charge in [0.1, 0.15) is 11.5 Å². The Kier molecular flexibility index (Phi) is 2.99. The summed E-state index contributed by atoms with van der Waals surface area (Å²) >= 11 is 0. The van der Waals surface area contributed by atoms with Gasteiger partial charge in [-0.3, -0.25) is 4.98 Å². The smallest absolute Gasteiger partial charge is 0.150 e. The maximum atomic E-state index is 5.14. The first-order chi connectivity index (χ1) is 5.79. The second kappa shape index (κ2) is 4.01. The van der Waals surface area contributed by atoms with Crippen LogP contribution in [0.1, 0.15) is 18.7 Å². The lowest BCUT2D eigenvalue weighted by Crippen LogP contribution is -2.05. The van der Waals surface area contributed by atoms with Crippen LogP contribution in [0.25, 0.3) is 0 Å². The van der Waals surface area contributed by atoms with Crippen molar-refractivity contribution in [2.45, 2.75) is 13.0 Å². The first kappa shape index (κ1) is 8.93. The minimum absolute atomic E-state index is 0.0267. The zero-order valence-corrected chi connectivity index (χ0v) is 7.53. The molecule has 0 aliphatic heterocycles. The van der Waals surface area contributed by atoms with Gasteiger partial charge in [-0.1, -0.05) is 0 Å². The van der Waals surface area contributed by atoms with Crippen LogP contribution in [0, 0.1) is 0 Å². The second-order valence-electron chi connectivity index (χ2n) is 2.42. The number of hydrogen-bond acceptors (Lipinski definition) is 4. The normalized spacial score (nSPS) is 12.6. The summed E-state index contributed by atoms with van der Waals surface area (Å²) in [6.07, 6.45) is 3.28. The molecule has 0 aliphatic carbocycles. The molecule has 4 nitrogen and oxygen atoms in total. The van der Waals surface area contributed by atoms with Gasteiger partial charge in [0.15, 0.2) is 0 Å². The van der Waals surface area contributed by atoms with E-state index < -0.39 is 0 Å². The third-order valence-corrected chi connectivity index (χ3v) is 1.70. The zero-order valence-electron chi connectivity index (χ0n) is 7.53. The Morgan fingerprint density at radius 1 is 1.42 bits per heavy atom. The Morgan fingerprint density at radius 2 is 2.08 bits per heavy atom. The van der Waals surface area contributed by atoms with Crippen LogP contribution in [-0.4, -0.2) is 24.1 Å². The van der Waals surface area contributed by atoms with E-state index in [4.69, 9.17) is 4.74 Å². The molecule has 0 fully saturated rings. The summed E-state index contributed by atoms with van der Waals surface area (Å²) in [6.45, 7) is 1.94. The first-order valence-electron chi connectivity index (χ1n) is 3.81. The quantitative estimate of drug-likeness (QED) is 0.735. The Balaban J connectivity index is 2.96. The molecular weight excluding hydrogens is 154 g/mol. The van der Waals surface area contributed by atoms with Crippen LogP contribution in [0.4, 0.5) is 5.82 Å². The number of nitrogens with one attached hydrogen (secondary N) is 1. The topological polar surface area (TPSA) is 47.0 Å². The Labute approximate surface area is 72.0 Å². The van der Waals surface area contributed by atoms with Crippen molar-refractivity contribution in [1.29, 1.82) is 0 Å². The van der Waals surface area contributed by atoms with Crippen molar-refractivity contribution < 1.29 is 4.74 Å². The molecule has 0 radical (unpaired) electrons. The number of nitrogens with zero attached hydrogens (tertiary/aromatic N) is 2. The summed E-state index contributed by atoms with van der Waals surface area (Å²) < 4.78 is 5.14. The summed E-state index contributed by atoms with van der Waals surface area (Å²) in [5, 5.41) is 2.96. The van der Waals surface area contributed by atoms with Crippen LogP contribution in [-0.2, 0) is 4.74 Å². The van der Waals surface area contributed by atoms with Crippen LogP contribution in [0.5, 0.6) is 0 Å². The molecule has 1 N–H and O–H groups in total. The number of anilines is 1. The fourth-order valence-corrected chi connectivity index (χ4v) is 0.951. The highest BCUT2D eigenvalue weighted by molar-refractivity contribution is 5.39. The van der Waals surface area contributed by atoms with Crippen molar-refractivity contribution in [2.75, 3.05) is 19.5 Å². The molecule has 0 aliphatic rings. The fourth-order valence-electron chi connectivity index (χ4n) is 0.951. The van der Waals surface area contributed by atoms with Crippen molar-refractivity contribution in [2.24, 2.45) is 0 Å². The van der Waals surface area contributed by atoms with E-state index in [-0.39, 0.29) is 6.10 Å². The van der Waals surface area contributed by atoms with Crippen molar-refractivity contribution in [3.63, 3.8) is 0 Å². The maximum Gasteiger partial charge on any atom is 0.150 e. The third kappa shape index (κ3) is 1.71. The predicted octanol–water partition coefficient (Wildman–Crippen LogP) is 1.23. The fraction of sp³-hybridized carbons (Fsp3) is 0.500. The van der Waals surface area contributed by atoms with Crippen molar-refractivity contribution in [3.8, 4) is 0 Å². The van der Waals surface area contributed by atoms with Gasteiger partial charge < -0.3 is 10.1 Å². The molecule has 1 atom stereocenters. The largest absolute Gasteiger partial charge is 0.375 e. The molecule has 1 unspecified atom stereocenters. The summed E-state index contributed by atoms with van der Waals surface area (Å²) in [5.41, 5.74) is 0.836. The molecule has 0 bridgehead atoms. The number of methoxy groups -OCH3 is 1. The number of rotatable bonds is 3. The van der Waals surface area contributed by atoms with Gasteiger partial charge >= 0.3 is 0 Å². The highest BCUT2D eigenvalue weighted by Crippen LogP contribution is 2.18. The summed E-state index contributed by atoms with van der Waals surface area (Å²) in [5.74, 6) is 0.770. The SMILES string of the molecule is CNc1nccnc1C(C)OC. The van der Waals surface area contributed by atoms with E-state index in [9.17, 15) is 0 Å². The van der Waals surface area contributed by atoms with Gasteiger partial charge in [-0.25, -0.2) is 4.98 Å². The lowest BCUT2D eigenvalue weighted by Gasteiger charge is -2.11. The third-order valence-electron chi connectivity index (χ3n) is 1.70. The molecule has 12 heavy (non-hydrogen) atoms. The van der Waals surface area contributed by atoms with Crippen molar-refractivity contribution in [1.82, 2.24) is 9.97 Å². The van der Waals surface area contributed by atoms with E-state index in [1.807, 2.05) is 14.0 Å². The van der Waals surface area contributed by atoms with Crippen molar-refractivity contribution in [3.05, 3.63) is 18.1 Å². The van der Waals surface area contributed by atoms with Gasteiger partial charge in [-0.05, 0) is 6.92 Å². The Morgan fingerprint density at radius 3 is 2.67 bits per heavy atom. The monoisotopic (exact) mass is 167 g/mol. The zero-order chi connectivity index (χ0) is 8.97. The molecule has 66 valence electrons. The van der Waals surface area contributed by atoms with E-state index in [0.29, 0.717) is 0 Å². The van der Waals surface area contributed by atoms with Gasteiger partial charge in [0.2, 0.25) is 0 Å².